The fraction of sp³-hybridized carbons (Fsp3) is 0.500. The zero-order valence-electron chi connectivity index (χ0n) is 6.01. The van der Waals surface area contributed by atoms with Crippen LogP contribution in [0.1, 0.15) is 5.69 Å². The predicted octanol–water partition coefficient (Wildman–Crippen LogP) is 1.36. The van der Waals surface area contributed by atoms with Crippen molar-refractivity contribution in [2.24, 2.45) is 5.73 Å². The van der Waals surface area contributed by atoms with E-state index in [4.69, 9.17) is 5.73 Å². The molecule has 11 heavy (non-hydrogen) atoms. The van der Waals surface area contributed by atoms with E-state index >= 15 is 0 Å². The minimum Gasteiger partial charge on any atom is -0.347 e. The Morgan fingerprint density at radius 3 is 3.09 bits per heavy atom. The van der Waals surface area contributed by atoms with Crippen molar-refractivity contribution in [3.8, 4) is 0 Å². The molecule has 3 N–H and O–H groups in total. The van der Waals surface area contributed by atoms with Crippen molar-refractivity contribution >= 4 is 27.7 Å². The minimum absolute atomic E-state index is 0.733. The van der Waals surface area contributed by atoms with Crippen LogP contribution in [0.15, 0.2) is 10.9 Å². The summed E-state index contributed by atoms with van der Waals surface area (Å²) < 4.78 is 0.905. The van der Waals surface area contributed by atoms with Gasteiger partial charge < -0.3 is 10.7 Å². The van der Waals surface area contributed by atoms with Gasteiger partial charge in [-0.2, -0.15) is 11.8 Å². The molecule has 0 unspecified atom stereocenters. The van der Waals surface area contributed by atoms with Crippen molar-refractivity contribution in [1.82, 2.24) is 9.97 Å². The lowest BCUT2D eigenvalue weighted by Gasteiger charge is -1.96. The number of nitrogens with one attached hydrogen (secondary N) is 1. The lowest BCUT2D eigenvalue weighted by Crippen LogP contribution is -2.01. The van der Waals surface area contributed by atoms with Gasteiger partial charge >= 0.3 is 0 Å². The number of aromatic nitrogens is 2. The largest absolute Gasteiger partial charge is 0.347 e. The molecule has 0 amide bonds. The number of hydrogen-bond donors (Lipinski definition) is 2. The lowest BCUT2D eigenvalue weighted by atomic mass is 10.6. The summed E-state index contributed by atoms with van der Waals surface area (Å²) in [6, 6.07) is 0. The summed E-state index contributed by atoms with van der Waals surface area (Å²) in [6.07, 6.45) is 1.68. The number of halogens is 1. The van der Waals surface area contributed by atoms with Crippen molar-refractivity contribution in [2.45, 2.75) is 5.75 Å². The normalized spacial score (nSPS) is 10.4. The van der Waals surface area contributed by atoms with E-state index in [1.54, 1.807) is 18.1 Å². The number of thioether (sulfide) groups is 1. The monoisotopic (exact) mass is 235 g/mol. The summed E-state index contributed by atoms with van der Waals surface area (Å²) >= 11 is 5.13. The summed E-state index contributed by atoms with van der Waals surface area (Å²) in [7, 11) is 0. The number of H-pyrrole nitrogens is 1. The first-order valence-corrected chi connectivity index (χ1v) is 5.25. The molecular weight excluding hydrogens is 226 g/mol. The summed E-state index contributed by atoms with van der Waals surface area (Å²) in [5, 5.41) is 0. The minimum atomic E-state index is 0.733. The Kier molecular flexibility index (Phi) is 3.96. The fourth-order valence-corrected chi connectivity index (χ4v) is 1.94. The van der Waals surface area contributed by atoms with E-state index in [1.165, 1.54) is 0 Å². The Bertz CT molecular complexity index is 213. The lowest BCUT2D eigenvalue weighted by molar-refractivity contribution is 1.14. The van der Waals surface area contributed by atoms with Crippen molar-refractivity contribution in [1.29, 1.82) is 0 Å². The molecule has 62 valence electrons. The van der Waals surface area contributed by atoms with E-state index < -0.39 is 0 Å². The Morgan fingerprint density at radius 2 is 2.55 bits per heavy atom. The second kappa shape index (κ2) is 4.79. The molecule has 3 nitrogen and oxygen atoms in total. The molecule has 1 heterocycles. The summed E-state index contributed by atoms with van der Waals surface area (Å²) in [5.41, 5.74) is 6.48. The van der Waals surface area contributed by atoms with Crippen LogP contribution in [0.4, 0.5) is 0 Å². The number of hydrogen-bond acceptors (Lipinski definition) is 3. The molecule has 0 aliphatic carbocycles. The van der Waals surface area contributed by atoms with Gasteiger partial charge in [-0.25, -0.2) is 4.98 Å². The first-order chi connectivity index (χ1) is 5.34. The number of aromatic amines is 1. The van der Waals surface area contributed by atoms with Crippen molar-refractivity contribution in [3.63, 3.8) is 0 Å². The highest BCUT2D eigenvalue weighted by atomic mass is 79.9. The standard InChI is InChI=1S/C6H10BrN3S/c7-6-5(9-4-10-6)3-11-2-1-8/h4H,1-3,8H2,(H,9,10). The van der Waals surface area contributed by atoms with Gasteiger partial charge in [-0.15, -0.1) is 0 Å². The maximum Gasteiger partial charge on any atom is 0.127 e. The number of rotatable bonds is 4. The summed E-state index contributed by atoms with van der Waals surface area (Å²) in [5.74, 6) is 1.93. The number of imidazole rings is 1. The zero-order valence-corrected chi connectivity index (χ0v) is 8.41. The van der Waals surface area contributed by atoms with Gasteiger partial charge in [0.1, 0.15) is 4.60 Å². The van der Waals surface area contributed by atoms with E-state index in [2.05, 4.69) is 25.9 Å². The van der Waals surface area contributed by atoms with E-state index in [0.717, 1.165) is 28.3 Å². The van der Waals surface area contributed by atoms with Crippen LogP contribution in [-0.4, -0.2) is 22.3 Å². The second-order valence-electron chi connectivity index (χ2n) is 2.01. The highest BCUT2D eigenvalue weighted by molar-refractivity contribution is 9.10. The Balaban J connectivity index is 2.32. The molecule has 0 aliphatic rings. The first-order valence-electron chi connectivity index (χ1n) is 3.30. The van der Waals surface area contributed by atoms with Crippen LogP contribution in [-0.2, 0) is 5.75 Å². The topological polar surface area (TPSA) is 54.7 Å². The molecule has 0 saturated carbocycles. The second-order valence-corrected chi connectivity index (χ2v) is 3.87. The van der Waals surface area contributed by atoms with Crippen LogP contribution in [0, 0.1) is 0 Å². The molecular formula is C6H10BrN3S. The molecule has 1 aromatic rings. The van der Waals surface area contributed by atoms with Crippen LogP contribution in [0.3, 0.4) is 0 Å². The highest BCUT2D eigenvalue weighted by Gasteiger charge is 2.00. The molecule has 0 aliphatic heterocycles. The van der Waals surface area contributed by atoms with Crippen LogP contribution < -0.4 is 5.73 Å². The Morgan fingerprint density at radius 1 is 1.73 bits per heavy atom. The van der Waals surface area contributed by atoms with Crippen LogP contribution in [0.5, 0.6) is 0 Å². The van der Waals surface area contributed by atoms with Gasteiger partial charge in [0, 0.05) is 18.1 Å². The molecule has 1 aromatic heterocycles. The van der Waals surface area contributed by atoms with E-state index in [0.29, 0.717) is 0 Å². The van der Waals surface area contributed by atoms with Gasteiger partial charge in [0.05, 0.1) is 12.0 Å². The van der Waals surface area contributed by atoms with Gasteiger partial charge in [0.2, 0.25) is 0 Å². The molecule has 0 aromatic carbocycles. The van der Waals surface area contributed by atoms with Gasteiger partial charge in [-0.1, -0.05) is 0 Å². The number of nitrogens with two attached hydrogens (primary N) is 1. The Hall–Kier alpha value is -0.0000000000000000555. The average molecular weight is 236 g/mol. The smallest absolute Gasteiger partial charge is 0.127 e. The Labute approximate surface area is 78.3 Å². The third kappa shape index (κ3) is 2.84. The maximum absolute atomic E-state index is 5.35. The third-order valence-electron chi connectivity index (χ3n) is 1.17. The fourth-order valence-electron chi connectivity index (χ4n) is 0.663. The molecule has 0 fully saturated rings. The van der Waals surface area contributed by atoms with Crippen molar-refractivity contribution in [3.05, 3.63) is 16.6 Å². The molecule has 0 atom stereocenters. The summed E-state index contributed by atoms with van der Waals surface area (Å²) in [6.45, 7) is 0.733. The van der Waals surface area contributed by atoms with E-state index in [1.807, 2.05) is 0 Å². The van der Waals surface area contributed by atoms with Gasteiger partial charge in [-0.05, 0) is 15.9 Å². The quantitative estimate of drug-likeness (QED) is 0.776. The van der Waals surface area contributed by atoms with E-state index in [-0.39, 0.29) is 0 Å². The maximum atomic E-state index is 5.35. The van der Waals surface area contributed by atoms with Gasteiger partial charge in [-0.3, -0.25) is 0 Å². The molecule has 0 spiro atoms. The van der Waals surface area contributed by atoms with Crippen LogP contribution in [0.25, 0.3) is 0 Å². The molecule has 0 saturated heterocycles. The number of nitrogens with zero attached hydrogens (tertiary/aromatic N) is 1. The predicted molar refractivity (Wildman–Crippen MR) is 51.5 cm³/mol. The zero-order chi connectivity index (χ0) is 8.10. The van der Waals surface area contributed by atoms with Crippen molar-refractivity contribution in [2.75, 3.05) is 12.3 Å². The SMILES string of the molecule is NCCSCc1[nH]cnc1Br. The highest BCUT2D eigenvalue weighted by Crippen LogP contribution is 2.16. The molecule has 1 rings (SSSR count). The third-order valence-corrected chi connectivity index (χ3v) is 2.87. The first kappa shape index (κ1) is 9.09. The molecule has 0 bridgehead atoms. The van der Waals surface area contributed by atoms with Crippen molar-refractivity contribution < 1.29 is 0 Å². The van der Waals surface area contributed by atoms with E-state index in [9.17, 15) is 0 Å². The summed E-state index contributed by atoms with van der Waals surface area (Å²) in [4.78, 5) is 7.06. The van der Waals surface area contributed by atoms with Crippen LogP contribution in [0.2, 0.25) is 0 Å². The average Bonchev–Trinajstić information content (AvgIpc) is 2.37. The van der Waals surface area contributed by atoms with Crippen LogP contribution >= 0.6 is 27.7 Å². The molecule has 5 heteroatoms. The van der Waals surface area contributed by atoms with Gasteiger partial charge in [0.15, 0.2) is 0 Å². The van der Waals surface area contributed by atoms with Gasteiger partial charge in [0.25, 0.3) is 0 Å². The molecule has 0 radical (unpaired) electrons.